The highest BCUT2D eigenvalue weighted by molar-refractivity contribution is 7.89. The van der Waals surface area contributed by atoms with E-state index >= 15 is 0 Å². The Kier molecular flexibility index (Phi) is 9.43. The van der Waals surface area contributed by atoms with E-state index < -0.39 is 21.9 Å². The first-order valence-corrected chi connectivity index (χ1v) is 16.4. The van der Waals surface area contributed by atoms with E-state index in [0.717, 1.165) is 30.0 Å². The number of pyridine rings is 1. The molecule has 1 unspecified atom stereocenters. The van der Waals surface area contributed by atoms with Gasteiger partial charge in [-0.25, -0.2) is 18.4 Å². The van der Waals surface area contributed by atoms with Crippen molar-refractivity contribution in [3.63, 3.8) is 0 Å². The first-order chi connectivity index (χ1) is 20.6. The first-order valence-electron chi connectivity index (χ1n) is 14.1. The maximum Gasteiger partial charge on any atom is 0.304 e. The molecule has 1 fully saturated rings. The summed E-state index contributed by atoms with van der Waals surface area (Å²) in [7, 11) is -2.52. The van der Waals surface area contributed by atoms with Gasteiger partial charge in [0.15, 0.2) is 5.13 Å². The Labute approximate surface area is 254 Å². The van der Waals surface area contributed by atoms with Crippen molar-refractivity contribution in [3.8, 4) is 5.88 Å². The molecule has 4 aromatic rings. The van der Waals surface area contributed by atoms with Gasteiger partial charge in [-0.15, -0.1) is 0 Å². The molecule has 11 nitrogen and oxygen atoms in total. The van der Waals surface area contributed by atoms with Crippen molar-refractivity contribution in [3.05, 3.63) is 65.6 Å². The van der Waals surface area contributed by atoms with Gasteiger partial charge >= 0.3 is 5.97 Å². The molecule has 1 aromatic carbocycles. The van der Waals surface area contributed by atoms with Crippen LogP contribution in [0.4, 0.5) is 5.13 Å². The first kappa shape index (κ1) is 30.6. The predicted octanol–water partition coefficient (Wildman–Crippen LogP) is 5.57. The van der Waals surface area contributed by atoms with Crippen LogP contribution in [0.3, 0.4) is 0 Å². The third kappa shape index (κ3) is 7.40. The van der Waals surface area contributed by atoms with Crippen LogP contribution in [0.1, 0.15) is 61.5 Å². The minimum absolute atomic E-state index is 0.0103. The highest BCUT2D eigenvalue weighted by atomic mass is 32.2. The number of nitrogens with zero attached hydrogens (tertiary/aromatic N) is 3. The lowest BCUT2D eigenvalue weighted by molar-refractivity contribution is -0.137. The molecule has 1 atom stereocenters. The van der Waals surface area contributed by atoms with E-state index in [2.05, 4.69) is 15.3 Å². The molecule has 1 aliphatic rings. The van der Waals surface area contributed by atoms with Gasteiger partial charge in [0.1, 0.15) is 21.9 Å². The Morgan fingerprint density at radius 3 is 2.51 bits per heavy atom. The van der Waals surface area contributed by atoms with Crippen LogP contribution >= 0.6 is 11.3 Å². The second kappa shape index (κ2) is 13.2. The number of hydrogen-bond acceptors (Lipinski definition) is 9. The van der Waals surface area contributed by atoms with Crippen molar-refractivity contribution >= 4 is 48.7 Å². The fraction of sp³-hybridized carbons (Fsp3) is 0.400. The van der Waals surface area contributed by atoms with Crippen molar-refractivity contribution in [2.24, 2.45) is 5.92 Å². The number of nitrogens with one attached hydrogen (secondary N) is 1. The number of carbonyl (C=O) groups excluding carboxylic acids is 1. The SMILES string of the molecule is COc1ccc2nc(NC(=O)C(CC3CCCC3)c3ccc(S(=O)(=O)N(CCC(=O)O)Cc4ccc(C)o4)cc3)sc2n1. The number of fused-ring (bicyclic) bond motifs is 1. The number of benzene rings is 1. The van der Waals surface area contributed by atoms with Gasteiger partial charge in [-0.2, -0.15) is 4.31 Å². The third-order valence-electron chi connectivity index (χ3n) is 7.65. The van der Waals surface area contributed by atoms with Gasteiger partial charge in [-0.1, -0.05) is 49.2 Å². The third-order valence-corrected chi connectivity index (χ3v) is 10.4. The van der Waals surface area contributed by atoms with Gasteiger partial charge in [-0.3, -0.25) is 9.59 Å². The van der Waals surface area contributed by atoms with Gasteiger partial charge in [-0.05, 0) is 55.2 Å². The van der Waals surface area contributed by atoms with Crippen LogP contribution in [0.5, 0.6) is 5.88 Å². The number of hydrogen-bond donors (Lipinski definition) is 2. The molecule has 3 heterocycles. The second-order valence-electron chi connectivity index (χ2n) is 10.7. The molecule has 1 amide bonds. The fourth-order valence-corrected chi connectivity index (χ4v) is 7.64. The van der Waals surface area contributed by atoms with E-state index in [-0.39, 0.29) is 30.3 Å². The van der Waals surface area contributed by atoms with Crippen molar-refractivity contribution in [1.82, 2.24) is 14.3 Å². The zero-order valence-corrected chi connectivity index (χ0v) is 25.6. The summed E-state index contributed by atoms with van der Waals surface area (Å²) < 4.78 is 39.1. The van der Waals surface area contributed by atoms with Gasteiger partial charge in [0.05, 0.1) is 30.9 Å². The van der Waals surface area contributed by atoms with Gasteiger partial charge in [0.2, 0.25) is 21.8 Å². The summed E-state index contributed by atoms with van der Waals surface area (Å²) in [6, 6.07) is 13.2. The van der Waals surface area contributed by atoms with E-state index in [1.54, 1.807) is 43.3 Å². The summed E-state index contributed by atoms with van der Waals surface area (Å²) in [5, 5.41) is 12.6. The van der Waals surface area contributed by atoms with Gasteiger partial charge in [0, 0.05) is 12.6 Å². The molecule has 5 rings (SSSR count). The van der Waals surface area contributed by atoms with E-state index in [9.17, 15) is 23.1 Å². The number of aliphatic carboxylic acids is 1. The molecule has 0 bridgehead atoms. The molecule has 0 radical (unpaired) electrons. The maximum absolute atomic E-state index is 13.7. The number of aryl methyl sites for hydroxylation is 1. The van der Waals surface area contributed by atoms with E-state index in [4.69, 9.17) is 9.15 Å². The van der Waals surface area contributed by atoms with Gasteiger partial charge < -0.3 is 19.6 Å². The standard InChI is InChI=1S/C30H34N4O7S2/c1-19-7-10-22(41-19)18-34(16-15-27(35)36)43(38,39)23-11-8-21(9-12-23)24(17-20-5-3-4-6-20)28(37)33-30-31-25-13-14-26(40-2)32-29(25)42-30/h7-14,20,24H,3-6,15-18H2,1-2H3,(H,35,36)(H,31,33,37). The number of thiazole rings is 1. The second-order valence-corrected chi connectivity index (χ2v) is 13.6. The summed E-state index contributed by atoms with van der Waals surface area (Å²) in [6.07, 6.45) is 4.63. The number of furan rings is 1. The van der Waals surface area contributed by atoms with Crippen LogP contribution in [-0.4, -0.2) is 53.3 Å². The van der Waals surface area contributed by atoms with Crippen LogP contribution in [0, 0.1) is 12.8 Å². The summed E-state index contributed by atoms with van der Waals surface area (Å²) in [6.45, 7) is 1.44. The average Bonchev–Trinajstić information content (AvgIpc) is 3.74. The number of carboxylic acids is 1. The zero-order chi connectivity index (χ0) is 30.6. The Morgan fingerprint density at radius 2 is 1.86 bits per heavy atom. The quantitative estimate of drug-likeness (QED) is 0.194. The smallest absolute Gasteiger partial charge is 0.304 e. The molecule has 13 heteroatoms. The Bertz CT molecular complexity index is 1690. The number of sulfonamides is 1. The minimum atomic E-state index is -4.06. The molecule has 0 aliphatic heterocycles. The lowest BCUT2D eigenvalue weighted by Crippen LogP contribution is -2.32. The zero-order valence-electron chi connectivity index (χ0n) is 24.0. The van der Waals surface area contributed by atoms with Crippen molar-refractivity contribution < 1.29 is 32.3 Å². The largest absolute Gasteiger partial charge is 0.481 e. The van der Waals surface area contributed by atoms with E-state index in [0.29, 0.717) is 50.8 Å². The van der Waals surface area contributed by atoms with E-state index in [1.807, 2.05) is 0 Å². The van der Waals surface area contributed by atoms with Crippen LogP contribution < -0.4 is 10.1 Å². The van der Waals surface area contributed by atoms with Crippen molar-refractivity contribution in [1.29, 1.82) is 0 Å². The molecule has 228 valence electrons. The molecule has 0 spiro atoms. The van der Waals surface area contributed by atoms with Crippen LogP contribution in [-0.2, 0) is 26.2 Å². The number of methoxy groups -OCH3 is 1. The lowest BCUT2D eigenvalue weighted by Gasteiger charge is -2.22. The molecular weight excluding hydrogens is 592 g/mol. The summed E-state index contributed by atoms with van der Waals surface area (Å²) in [5.74, 6) is 0.0688. The number of rotatable bonds is 13. The minimum Gasteiger partial charge on any atom is -0.481 e. The number of anilines is 1. The average molecular weight is 627 g/mol. The number of carboxylic acid groups (broad SMARTS) is 1. The Hall–Kier alpha value is -3.81. The molecule has 3 aromatic heterocycles. The van der Waals surface area contributed by atoms with Crippen molar-refractivity contribution in [2.45, 2.75) is 62.8 Å². The molecular formula is C30H34N4O7S2. The molecule has 43 heavy (non-hydrogen) atoms. The normalized spacial score (nSPS) is 14.8. The fourth-order valence-electron chi connectivity index (χ4n) is 5.40. The predicted molar refractivity (Wildman–Crippen MR) is 162 cm³/mol. The molecule has 1 saturated carbocycles. The molecule has 0 saturated heterocycles. The monoisotopic (exact) mass is 626 g/mol. The summed E-state index contributed by atoms with van der Waals surface area (Å²) in [4.78, 5) is 34.5. The maximum atomic E-state index is 13.7. The van der Waals surface area contributed by atoms with Crippen molar-refractivity contribution in [2.75, 3.05) is 19.0 Å². The highest BCUT2D eigenvalue weighted by Crippen LogP contribution is 2.36. The number of carbonyl (C=O) groups is 2. The highest BCUT2D eigenvalue weighted by Gasteiger charge is 2.30. The summed E-state index contributed by atoms with van der Waals surface area (Å²) in [5.41, 5.74) is 1.35. The number of ether oxygens (including phenoxy) is 1. The molecule has 1 aliphatic carbocycles. The number of amides is 1. The Balaban J connectivity index is 1.38. The Morgan fingerprint density at radius 1 is 1.12 bits per heavy atom. The van der Waals surface area contributed by atoms with Crippen LogP contribution in [0.25, 0.3) is 10.3 Å². The van der Waals surface area contributed by atoms with Crippen LogP contribution in [0.15, 0.2) is 57.8 Å². The van der Waals surface area contributed by atoms with Crippen LogP contribution in [0.2, 0.25) is 0 Å². The lowest BCUT2D eigenvalue weighted by atomic mass is 9.87. The summed E-state index contributed by atoms with van der Waals surface area (Å²) >= 11 is 1.26. The van der Waals surface area contributed by atoms with E-state index in [1.165, 1.54) is 30.6 Å². The van der Waals surface area contributed by atoms with Gasteiger partial charge in [0.25, 0.3) is 0 Å². The number of aromatic nitrogens is 2. The molecule has 2 N–H and O–H groups in total. The topological polar surface area (TPSA) is 152 Å².